The van der Waals surface area contributed by atoms with Gasteiger partial charge < -0.3 is 4.74 Å². The van der Waals surface area contributed by atoms with E-state index in [1.807, 2.05) is 0 Å². The molecular weight excluding hydrogens is 283 g/mol. The number of ether oxygens (including phenoxy) is 1. The molecule has 0 aliphatic rings. The Morgan fingerprint density at radius 1 is 1.47 bits per heavy atom. The molecule has 1 aromatic carbocycles. The first kappa shape index (κ1) is 15.3. The summed E-state index contributed by atoms with van der Waals surface area (Å²) in [5, 5.41) is 8.44. The van der Waals surface area contributed by atoms with Crippen LogP contribution in [0.5, 0.6) is 0 Å². The Balaban J connectivity index is 3.27. The summed E-state index contributed by atoms with van der Waals surface area (Å²) in [6, 6.07) is 3.28. The summed E-state index contributed by atoms with van der Waals surface area (Å²) in [6.07, 6.45) is -5.21. The Hall–Kier alpha value is -1.74. The SMILES string of the molecule is CCOC(=O)Cc1cc(C#N)c(Cl)cc1C(F)(F)F. The van der Waals surface area contributed by atoms with E-state index < -0.39 is 24.1 Å². The summed E-state index contributed by atoms with van der Waals surface area (Å²) in [7, 11) is 0. The summed E-state index contributed by atoms with van der Waals surface area (Å²) >= 11 is 5.57. The monoisotopic (exact) mass is 291 g/mol. The van der Waals surface area contributed by atoms with Crippen LogP contribution >= 0.6 is 11.6 Å². The van der Waals surface area contributed by atoms with Crippen LogP contribution in [-0.4, -0.2) is 12.6 Å². The first-order valence-corrected chi connectivity index (χ1v) is 5.62. The van der Waals surface area contributed by atoms with Crippen molar-refractivity contribution in [3.63, 3.8) is 0 Å². The van der Waals surface area contributed by atoms with E-state index in [1.165, 1.54) is 0 Å². The molecule has 0 aliphatic heterocycles. The van der Waals surface area contributed by atoms with E-state index in [0.717, 1.165) is 6.07 Å². The van der Waals surface area contributed by atoms with Gasteiger partial charge in [-0.05, 0) is 24.6 Å². The minimum atomic E-state index is -4.65. The molecule has 0 aromatic heterocycles. The van der Waals surface area contributed by atoms with E-state index in [9.17, 15) is 18.0 Å². The van der Waals surface area contributed by atoms with E-state index >= 15 is 0 Å². The van der Waals surface area contributed by atoms with Gasteiger partial charge in [0.25, 0.3) is 0 Å². The lowest BCUT2D eigenvalue weighted by Crippen LogP contribution is -2.14. The summed E-state index contributed by atoms with van der Waals surface area (Å²) in [6.45, 7) is 1.62. The zero-order valence-electron chi connectivity index (χ0n) is 9.84. The highest BCUT2D eigenvalue weighted by molar-refractivity contribution is 6.31. The third kappa shape index (κ3) is 3.86. The van der Waals surface area contributed by atoms with E-state index in [2.05, 4.69) is 4.74 Å². The molecule has 0 unspecified atom stereocenters. The van der Waals surface area contributed by atoms with Crippen molar-refractivity contribution in [1.29, 1.82) is 5.26 Å². The zero-order valence-corrected chi connectivity index (χ0v) is 10.6. The predicted molar refractivity (Wildman–Crippen MR) is 61.5 cm³/mol. The van der Waals surface area contributed by atoms with Crippen molar-refractivity contribution in [3.05, 3.63) is 33.8 Å². The first-order valence-electron chi connectivity index (χ1n) is 5.25. The second-order valence-corrected chi connectivity index (χ2v) is 3.99. The molecule has 7 heteroatoms. The number of carbonyl (C=O) groups is 1. The number of nitriles is 1. The average Bonchev–Trinajstić information content (AvgIpc) is 2.29. The fraction of sp³-hybridized carbons (Fsp3) is 0.333. The molecule has 0 aliphatic carbocycles. The highest BCUT2D eigenvalue weighted by Gasteiger charge is 2.34. The van der Waals surface area contributed by atoms with E-state index in [1.54, 1.807) is 13.0 Å². The third-order valence-electron chi connectivity index (χ3n) is 2.26. The fourth-order valence-corrected chi connectivity index (χ4v) is 1.69. The van der Waals surface area contributed by atoms with Crippen molar-refractivity contribution in [1.82, 2.24) is 0 Å². The maximum Gasteiger partial charge on any atom is 0.416 e. The van der Waals surface area contributed by atoms with Gasteiger partial charge in [-0.1, -0.05) is 11.6 Å². The maximum atomic E-state index is 12.8. The van der Waals surface area contributed by atoms with Crippen molar-refractivity contribution in [2.75, 3.05) is 6.61 Å². The molecule has 3 nitrogen and oxygen atoms in total. The van der Waals surface area contributed by atoms with Gasteiger partial charge in [0, 0.05) is 0 Å². The van der Waals surface area contributed by atoms with Gasteiger partial charge in [0.2, 0.25) is 0 Å². The van der Waals surface area contributed by atoms with Gasteiger partial charge in [0.15, 0.2) is 0 Å². The van der Waals surface area contributed by atoms with Gasteiger partial charge in [-0.15, -0.1) is 0 Å². The second kappa shape index (κ2) is 5.93. The quantitative estimate of drug-likeness (QED) is 0.803. The Morgan fingerprint density at radius 2 is 2.11 bits per heavy atom. The van der Waals surface area contributed by atoms with Crippen molar-refractivity contribution in [2.24, 2.45) is 0 Å². The Bertz CT molecular complexity index is 535. The molecule has 1 aromatic rings. The van der Waals surface area contributed by atoms with Crippen molar-refractivity contribution in [2.45, 2.75) is 19.5 Å². The minimum Gasteiger partial charge on any atom is -0.466 e. The van der Waals surface area contributed by atoms with E-state index in [4.69, 9.17) is 16.9 Å². The van der Waals surface area contributed by atoms with Crippen LogP contribution in [-0.2, 0) is 22.1 Å². The van der Waals surface area contributed by atoms with Crippen LogP contribution in [0.25, 0.3) is 0 Å². The average molecular weight is 292 g/mol. The van der Waals surface area contributed by atoms with Crippen LogP contribution in [0.15, 0.2) is 12.1 Å². The van der Waals surface area contributed by atoms with E-state index in [-0.39, 0.29) is 22.8 Å². The van der Waals surface area contributed by atoms with Crippen molar-refractivity contribution >= 4 is 17.6 Å². The molecular formula is C12H9ClF3NO2. The van der Waals surface area contributed by atoms with Crippen LogP contribution in [0, 0.1) is 11.3 Å². The number of benzene rings is 1. The Labute approximate surface area is 112 Å². The molecule has 0 bridgehead atoms. The standard InChI is InChI=1S/C12H9ClF3NO2/c1-2-19-11(18)4-7-3-8(6-17)10(13)5-9(7)12(14,15)16/h3,5H,2,4H2,1H3. The Kier molecular flexibility index (Phi) is 4.78. The summed E-state index contributed by atoms with van der Waals surface area (Å²) in [4.78, 5) is 11.3. The summed E-state index contributed by atoms with van der Waals surface area (Å²) < 4.78 is 43.0. The molecule has 0 heterocycles. The first-order chi connectivity index (χ1) is 8.79. The molecule has 0 saturated carbocycles. The van der Waals surface area contributed by atoms with Crippen LogP contribution in [0.3, 0.4) is 0 Å². The lowest BCUT2D eigenvalue weighted by Gasteiger charge is -2.13. The summed E-state index contributed by atoms with van der Waals surface area (Å²) in [5.74, 6) is -0.792. The van der Waals surface area contributed by atoms with Crippen LogP contribution in [0.4, 0.5) is 13.2 Å². The zero-order chi connectivity index (χ0) is 14.6. The molecule has 0 radical (unpaired) electrons. The molecule has 0 amide bonds. The number of rotatable bonds is 3. The number of halogens is 4. The molecule has 0 saturated heterocycles. The van der Waals surface area contributed by atoms with Gasteiger partial charge >= 0.3 is 12.1 Å². The number of nitrogens with zero attached hydrogens (tertiary/aromatic N) is 1. The number of hydrogen-bond acceptors (Lipinski definition) is 3. The van der Waals surface area contributed by atoms with Crippen LogP contribution < -0.4 is 0 Å². The topological polar surface area (TPSA) is 50.1 Å². The van der Waals surface area contributed by atoms with Gasteiger partial charge in [-0.3, -0.25) is 4.79 Å². The molecule has 0 fully saturated rings. The number of alkyl halides is 3. The van der Waals surface area contributed by atoms with Crippen LogP contribution in [0.1, 0.15) is 23.6 Å². The number of carbonyl (C=O) groups excluding carboxylic acids is 1. The number of esters is 1. The molecule has 0 atom stereocenters. The van der Waals surface area contributed by atoms with Gasteiger partial charge in [0.1, 0.15) is 6.07 Å². The van der Waals surface area contributed by atoms with Crippen molar-refractivity contribution < 1.29 is 22.7 Å². The number of hydrogen-bond donors (Lipinski definition) is 0. The largest absolute Gasteiger partial charge is 0.466 e. The van der Waals surface area contributed by atoms with Gasteiger partial charge in [-0.2, -0.15) is 18.4 Å². The van der Waals surface area contributed by atoms with Gasteiger partial charge in [-0.25, -0.2) is 0 Å². The molecule has 0 N–H and O–H groups in total. The normalized spacial score (nSPS) is 10.9. The smallest absolute Gasteiger partial charge is 0.416 e. The summed E-state index contributed by atoms with van der Waals surface area (Å²) in [5.41, 5.74) is -1.48. The predicted octanol–water partition coefficient (Wildman–Crippen LogP) is 3.34. The molecule has 19 heavy (non-hydrogen) atoms. The fourth-order valence-electron chi connectivity index (χ4n) is 1.48. The highest BCUT2D eigenvalue weighted by Crippen LogP contribution is 2.35. The molecule has 1 rings (SSSR count). The lowest BCUT2D eigenvalue weighted by molar-refractivity contribution is -0.143. The lowest BCUT2D eigenvalue weighted by atomic mass is 10.0. The molecule has 102 valence electrons. The molecule has 0 spiro atoms. The van der Waals surface area contributed by atoms with Crippen molar-refractivity contribution in [3.8, 4) is 6.07 Å². The Morgan fingerprint density at radius 3 is 2.58 bits per heavy atom. The minimum absolute atomic E-state index is 0.0683. The third-order valence-corrected chi connectivity index (χ3v) is 2.57. The highest BCUT2D eigenvalue weighted by atomic mass is 35.5. The van der Waals surface area contributed by atoms with Crippen LogP contribution in [0.2, 0.25) is 5.02 Å². The van der Waals surface area contributed by atoms with Gasteiger partial charge in [0.05, 0.1) is 29.2 Å². The second-order valence-electron chi connectivity index (χ2n) is 3.58. The maximum absolute atomic E-state index is 12.8. The van der Waals surface area contributed by atoms with E-state index in [0.29, 0.717) is 6.07 Å².